The molecule has 0 aliphatic carbocycles. The first-order valence-corrected chi connectivity index (χ1v) is 9.55. The van der Waals surface area contributed by atoms with Crippen LogP contribution >= 0.6 is 0 Å². The van der Waals surface area contributed by atoms with Gasteiger partial charge in [-0.25, -0.2) is 0 Å². The summed E-state index contributed by atoms with van der Waals surface area (Å²) in [4.78, 5) is 50.3. The molecule has 1 saturated heterocycles. The third-order valence-electron chi connectivity index (χ3n) is 4.78. The van der Waals surface area contributed by atoms with E-state index >= 15 is 0 Å². The molecule has 30 heavy (non-hydrogen) atoms. The molecule has 1 unspecified atom stereocenters. The Morgan fingerprint density at radius 1 is 0.733 bits per heavy atom. The van der Waals surface area contributed by atoms with Gasteiger partial charge in [-0.05, 0) is 5.04 Å². The predicted octanol–water partition coefficient (Wildman–Crippen LogP) is -1.80. The van der Waals surface area contributed by atoms with E-state index in [1.807, 2.05) is 4.90 Å². The normalized spacial score (nSPS) is 23.8. The summed E-state index contributed by atoms with van der Waals surface area (Å²) in [6.45, 7) is 2.46. The fraction of sp³-hybridized carbons (Fsp3) is 0.706. The molecule has 13 heteroatoms. The Bertz CT molecular complexity index is 586. The summed E-state index contributed by atoms with van der Waals surface area (Å²) in [5.41, 5.74) is 0. The lowest BCUT2D eigenvalue weighted by Gasteiger charge is -2.35. The number of rotatable bonds is 7. The highest BCUT2D eigenvalue weighted by atomic mass is 17.5. The molecule has 0 aromatic rings. The zero-order valence-electron chi connectivity index (χ0n) is 16.6. The van der Waals surface area contributed by atoms with Crippen molar-refractivity contribution < 1.29 is 44.5 Å². The maximum absolute atomic E-state index is 11.2. The summed E-state index contributed by atoms with van der Waals surface area (Å²) in [7, 11) is 0. The third-order valence-corrected chi connectivity index (χ3v) is 4.78. The van der Waals surface area contributed by atoms with Crippen LogP contribution in [0, 0.1) is 0 Å². The van der Waals surface area contributed by atoms with Crippen molar-refractivity contribution in [2.75, 3.05) is 72.0 Å². The number of hydrogen-bond donors (Lipinski definition) is 3. The monoisotopic (exact) mass is 432 g/mol. The second-order valence-corrected chi connectivity index (χ2v) is 7.03. The highest BCUT2D eigenvalue weighted by Gasteiger charge is 2.25. The van der Waals surface area contributed by atoms with Crippen LogP contribution in [0.15, 0.2) is 12.3 Å². The smallest absolute Gasteiger partial charge is 0.317 e. The third kappa shape index (κ3) is 9.02. The SMILES string of the molecule is O=C(O)CN1CCN(CC(=O)O)CCN(C2C=COOO2)CCN(CC(=O)O)CC1. The maximum atomic E-state index is 11.2. The summed E-state index contributed by atoms with van der Waals surface area (Å²) in [5.74, 6) is -2.94. The van der Waals surface area contributed by atoms with Crippen molar-refractivity contribution >= 4 is 17.9 Å². The Labute approximate surface area is 173 Å². The fourth-order valence-corrected chi connectivity index (χ4v) is 3.25. The first-order chi connectivity index (χ1) is 14.3. The highest BCUT2D eigenvalue weighted by molar-refractivity contribution is 5.69. The van der Waals surface area contributed by atoms with Crippen LogP contribution in [-0.4, -0.2) is 131 Å². The van der Waals surface area contributed by atoms with E-state index in [1.54, 1.807) is 20.8 Å². The fourth-order valence-electron chi connectivity index (χ4n) is 3.25. The summed E-state index contributed by atoms with van der Waals surface area (Å²) in [6.07, 6.45) is 2.40. The minimum atomic E-state index is -0.994. The van der Waals surface area contributed by atoms with Gasteiger partial charge in [0.2, 0.25) is 0 Å². The number of hydrogen-bond acceptors (Lipinski definition) is 10. The number of aliphatic carboxylic acids is 3. The molecule has 0 radical (unpaired) electrons. The van der Waals surface area contributed by atoms with Gasteiger partial charge in [0, 0.05) is 58.4 Å². The van der Waals surface area contributed by atoms with Crippen LogP contribution in [0.3, 0.4) is 0 Å². The second-order valence-electron chi connectivity index (χ2n) is 7.03. The molecule has 0 saturated carbocycles. The molecule has 1 atom stereocenters. The van der Waals surface area contributed by atoms with E-state index in [9.17, 15) is 24.6 Å². The van der Waals surface area contributed by atoms with Crippen molar-refractivity contribution in [3.63, 3.8) is 0 Å². The molecular formula is C17H28N4O9. The van der Waals surface area contributed by atoms with E-state index in [4.69, 9.17) is 9.99 Å². The molecule has 1 fully saturated rings. The molecule has 0 aromatic carbocycles. The molecule has 13 nitrogen and oxygen atoms in total. The molecule has 0 aromatic heterocycles. The van der Waals surface area contributed by atoms with Gasteiger partial charge in [0.05, 0.1) is 19.6 Å². The molecule has 0 amide bonds. The van der Waals surface area contributed by atoms with Crippen LogP contribution in [0.1, 0.15) is 0 Å². The quantitative estimate of drug-likeness (QED) is 0.388. The number of carbonyl (C=O) groups is 3. The van der Waals surface area contributed by atoms with Crippen molar-refractivity contribution in [1.82, 2.24) is 19.6 Å². The standard InChI is InChI=1S/C17H28N4O9/c22-15(23)11-18-2-4-19(12-16(24)25)6-8-21(14-1-10-28-30-29-14)9-7-20(5-3-18)13-17(26)27/h1,10,14H,2-9,11-13H2,(H,22,23)(H,24,25)(H,26,27). The van der Waals surface area contributed by atoms with E-state index < -0.39 is 24.1 Å². The molecule has 2 aliphatic heterocycles. The Hall–Kier alpha value is -2.29. The lowest BCUT2D eigenvalue weighted by molar-refractivity contribution is -0.520. The summed E-state index contributed by atoms with van der Waals surface area (Å²) in [5, 5.41) is 32.1. The van der Waals surface area contributed by atoms with Crippen LogP contribution in [0.2, 0.25) is 0 Å². The molecule has 2 rings (SSSR count). The molecule has 0 bridgehead atoms. The number of carboxylic acids is 3. The van der Waals surface area contributed by atoms with Gasteiger partial charge in [0.25, 0.3) is 0 Å². The molecule has 2 aliphatic rings. The Kier molecular flexibility index (Phi) is 9.93. The topological polar surface area (TPSA) is 153 Å². The van der Waals surface area contributed by atoms with E-state index in [1.165, 1.54) is 6.26 Å². The van der Waals surface area contributed by atoms with E-state index in [0.717, 1.165) is 0 Å². The summed E-state index contributed by atoms with van der Waals surface area (Å²) in [6, 6.07) is 0. The van der Waals surface area contributed by atoms with Crippen molar-refractivity contribution in [3.05, 3.63) is 12.3 Å². The van der Waals surface area contributed by atoms with Crippen molar-refractivity contribution in [2.24, 2.45) is 0 Å². The van der Waals surface area contributed by atoms with Gasteiger partial charge in [-0.15, -0.1) is 0 Å². The molecule has 0 spiro atoms. The zero-order valence-corrected chi connectivity index (χ0v) is 16.6. The first-order valence-electron chi connectivity index (χ1n) is 9.55. The van der Waals surface area contributed by atoms with Gasteiger partial charge in [-0.1, -0.05) is 0 Å². The molecular weight excluding hydrogens is 404 g/mol. The minimum Gasteiger partial charge on any atom is -0.480 e. The molecule has 170 valence electrons. The van der Waals surface area contributed by atoms with Crippen LogP contribution < -0.4 is 0 Å². The van der Waals surface area contributed by atoms with Gasteiger partial charge in [0.1, 0.15) is 6.26 Å². The van der Waals surface area contributed by atoms with E-state index in [0.29, 0.717) is 52.4 Å². The molecule has 3 N–H and O–H groups in total. The minimum absolute atomic E-state index is 0.180. The van der Waals surface area contributed by atoms with Gasteiger partial charge >= 0.3 is 17.9 Å². The van der Waals surface area contributed by atoms with Gasteiger partial charge in [-0.2, -0.15) is 4.89 Å². The van der Waals surface area contributed by atoms with Crippen LogP contribution in [0.5, 0.6) is 0 Å². The molecule has 2 heterocycles. The van der Waals surface area contributed by atoms with E-state index in [2.05, 4.69) is 9.93 Å². The maximum Gasteiger partial charge on any atom is 0.317 e. The summed E-state index contributed by atoms with van der Waals surface area (Å²) >= 11 is 0. The first kappa shape index (κ1) is 24.0. The van der Waals surface area contributed by atoms with Crippen molar-refractivity contribution in [3.8, 4) is 0 Å². The lowest BCUT2D eigenvalue weighted by atomic mass is 10.3. The van der Waals surface area contributed by atoms with E-state index in [-0.39, 0.29) is 19.6 Å². The summed E-state index contributed by atoms with van der Waals surface area (Å²) < 4.78 is 0. The van der Waals surface area contributed by atoms with Crippen molar-refractivity contribution in [2.45, 2.75) is 6.23 Å². The Balaban J connectivity index is 2.13. The Morgan fingerprint density at radius 3 is 1.47 bits per heavy atom. The largest absolute Gasteiger partial charge is 0.480 e. The van der Waals surface area contributed by atoms with Crippen LogP contribution in [-0.2, 0) is 29.2 Å². The zero-order chi connectivity index (χ0) is 21.9. The Morgan fingerprint density at radius 2 is 1.13 bits per heavy atom. The van der Waals surface area contributed by atoms with Gasteiger partial charge in [0.15, 0.2) is 6.23 Å². The van der Waals surface area contributed by atoms with Gasteiger partial charge < -0.3 is 20.2 Å². The lowest BCUT2D eigenvalue weighted by Crippen LogP contribution is -2.50. The van der Waals surface area contributed by atoms with Crippen LogP contribution in [0.25, 0.3) is 0 Å². The van der Waals surface area contributed by atoms with Crippen LogP contribution in [0.4, 0.5) is 0 Å². The number of nitrogens with zero attached hydrogens (tertiary/aromatic N) is 4. The highest BCUT2D eigenvalue weighted by Crippen LogP contribution is 2.11. The predicted molar refractivity (Wildman–Crippen MR) is 100.0 cm³/mol. The van der Waals surface area contributed by atoms with Crippen molar-refractivity contribution in [1.29, 1.82) is 0 Å². The number of carboxylic acid groups (broad SMARTS) is 3. The average molecular weight is 432 g/mol. The van der Waals surface area contributed by atoms with Gasteiger partial charge in [-0.3, -0.25) is 34.0 Å². The average Bonchev–Trinajstić information content (AvgIpc) is 2.67. The second kappa shape index (κ2) is 12.4.